The van der Waals surface area contributed by atoms with Crippen molar-refractivity contribution in [1.82, 2.24) is 15.1 Å². The van der Waals surface area contributed by atoms with Gasteiger partial charge in [-0.2, -0.15) is 5.10 Å². The second kappa shape index (κ2) is 6.02. The Bertz CT molecular complexity index is 543. The van der Waals surface area contributed by atoms with Gasteiger partial charge in [0.15, 0.2) is 0 Å². The van der Waals surface area contributed by atoms with Gasteiger partial charge < -0.3 is 5.32 Å². The molecule has 0 bridgehead atoms. The molecule has 1 aromatic heterocycles. The molecule has 1 aromatic carbocycles. The third kappa shape index (κ3) is 2.71. The fraction of sp³-hybridized carbons (Fsp3) is 0.438. The minimum atomic E-state index is 0.203. The first kappa shape index (κ1) is 13.8. The Morgan fingerprint density at radius 1 is 1.26 bits per heavy atom. The van der Waals surface area contributed by atoms with E-state index in [9.17, 15) is 0 Å². The van der Waals surface area contributed by atoms with Crippen LogP contribution in [-0.4, -0.2) is 16.8 Å². The molecule has 0 saturated carbocycles. The molecule has 2 aromatic rings. The van der Waals surface area contributed by atoms with Gasteiger partial charge in [0.05, 0.1) is 17.4 Å². The van der Waals surface area contributed by atoms with E-state index in [1.165, 1.54) is 16.8 Å². The highest BCUT2D eigenvalue weighted by Crippen LogP contribution is 2.25. The smallest absolute Gasteiger partial charge is 0.0748 e. The molecule has 0 radical (unpaired) electrons. The lowest BCUT2D eigenvalue weighted by Gasteiger charge is -2.19. The van der Waals surface area contributed by atoms with Gasteiger partial charge in [-0.3, -0.25) is 4.68 Å². The summed E-state index contributed by atoms with van der Waals surface area (Å²) >= 11 is 0. The van der Waals surface area contributed by atoms with Crippen molar-refractivity contribution in [1.29, 1.82) is 0 Å². The molecule has 102 valence electrons. The minimum absolute atomic E-state index is 0.203. The maximum atomic E-state index is 4.65. The molecule has 0 aliphatic rings. The summed E-state index contributed by atoms with van der Waals surface area (Å²) in [6, 6.07) is 11.0. The van der Waals surface area contributed by atoms with Crippen molar-refractivity contribution < 1.29 is 0 Å². The normalized spacial score (nSPS) is 12.6. The second-order valence-corrected chi connectivity index (χ2v) is 4.81. The SMILES string of the molecule is CCc1cc(C(NC)c2ccccc2C)n(CC)n1. The van der Waals surface area contributed by atoms with E-state index in [0.717, 1.165) is 18.7 Å². The van der Waals surface area contributed by atoms with Crippen LogP contribution in [0.4, 0.5) is 0 Å². The molecule has 0 aliphatic carbocycles. The van der Waals surface area contributed by atoms with Crippen LogP contribution in [-0.2, 0) is 13.0 Å². The Balaban J connectivity index is 2.47. The zero-order valence-corrected chi connectivity index (χ0v) is 12.3. The summed E-state index contributed by atoms with van der Waals surface area (Å²) in [5.74, 6) is 0. The quantitative estimate of drug-likeness (QED) is 0.892. The monoisotopic (exact) mass is 257 g/mol. The van der Waals surface area contributed by atoms with E-state index in [-0.39, 0.29) is 6.04 Å². The van der Waals surface area contributed by atoms with Gasteiger partial charge in [0, 0.05) is 6.54 Å². The fourth-order valence-corrected chi connectivity index (χ4v) is 2.52. The first-order valence-corrected chi connectivity index (χ1v) is 7.00. The van der Waals surface area contributed by atoms with E-state index in [1.54, 1.807) is 0 Å². The van der Waals surface area contributed by atoms with Gasteiger partial charge in [-0.25, -0.2) is 0 Å². The lowest BCUT2D eigenvalue weighted by molar-refractivity contribution is 0.559. The molecule has 1 unspecified atom stereocenters. The summed E-state index contributed by atoms with van der Waals surface area (Å²) in [5, 5.41) is 8.07. The Hall–Kier alpha value is -1.61. The number of hydrogen-bond donors (Lipinski definition) is 1. The van der Waals surface area contributed by atoms with Gasteiger partial charge >= 0.3 is 0 Å². The number of aromatic nitrogens is 2. The van der Waals surface area contributed by atoms with E-state index >= 15 is 0 Å². The lowest BCUT2D eigenvalue weighted by atomic mass is 9.98. The minimum Gasteiger partial charge on any atom is -0.308 e. The predicted molar refractivity (Wildman–Crippen MR) is 79.4 cm³/mol. The summed E-state index contributed by atoms with van der Waals surface area (Å²) in [5.41, 5.74) is 5.04. The summed E-state index contributed by atoms with van der Waals surface area (Å²) in [6.45, 7) is 7.35. The number of aryl methyl sites for hydroxylation is 3. The van der Waals surface area contributed by atoms with E-state index in [4.69, 9.17) is 0 Å². The largest absolute Gasteiger partial charge is 0.308 e. The maximum absolute atomic E-state index is 4.65. The standard InChI is InChI=1S/C16H23N3/c1-5-13-11-15(19(6-2)18-13)16(17-4)14-10-8-7-9-12(14)3/h7-11,16-17H,5-6H2,1-4H3. The van der Waals surface area contributed by atoms with Crippen LogP contribution in [0.1, 0.15) is 42.4 Å². The van der Waals surface area contributed by atoms with Crippen molar-refractivity contribution in [3.05, 3.63) is 52.8 Å². The molecule has 1 atom stereocenters. The third-order valence-electron chi connectivity index (χ3n) is 3.61. The van der Waals surface area contributed by atoms with Crippen molar-refractivity contribution >= 4 is 0 Å². The first-order valence-electron chi connectivity index (χ1n) is 7.00. The molecule has 2 rings (SSSR count). The highest BCUT2D eigenvalue weighted by Gasteiger charge is 2.19. The number of rotatable bonds is 5. The Morgan fingerprint density at radius 2 is 2.00 bits per heavy atom. The van der Waals surface area contributed by atoms with E-state index < -0.39 is 0 Å². The molecule has 1 heterocycles. The zero-order chi connectivity index (χ0) is 13.8. The summed E-state index contributed by atoms with van der Waals surface area (Å²) in [4.78, 5) is 0. The summed E-state index contributed by atoms with van der Waals surface area (Å²) < 4.78 is 2.10. The van der Waals surface area contributed by atoms with Crippen LogP contribution < -0.4 is 5.32 Å². The average Bonchev–Trinajstić information content (AvgIpc) is 2.85. The summed E-state index contributed by atoms with van der Waals surface area (Å²) in [6.07, 6.45) is 0.976. The molecular formula is C16H23N3. The molecular weight excluding hydrogens is 234 g/mol. The maximum Gasteiger partial charge on any atom is 0.0748 e. The van der Waals surface area contributed by atoms with Crippen LogP contribution in [0.25, 0.3) is 0 Å². The third-order valence-corrected chi connectivity index (χ3v) is 3.61. The van der Waals surface area contributed by atoms with Crippen molar-refractivity contribution in [3.63, 3.8) is 0 Å². The lowest BCUT2D eigenvalue weighted by Crippen LogP contribution is -2.22. The van der Waals surface area contributed by atoms with Gasteiger partial charge in [-0.15, -0.1) is 0 Å². The van der Waals surface area contributed by atoms with Crippen LogP contribution in [0.15, 0.2) is 30.3 Å². The molecule has 0 amide bonds. The number of benzene rings is 1. The molecule has 0 spiro atoms. The molecule has 0 aliphatic heterocycles. The highest BCUT2D eigenvalue weighted by molar-refractivity contribution is 5.35. The van der Waals surface area contributed by atoms with Gasteiger partial charge in [0.25, 0.3) is 0 Å². The van der Waals surface area contributed by atoms with E-state index in [0.29, 0.717) is 0 Å². The second-order valence-electron chi connectivity index (χ2n) is 4.81. The molecule has 1 N–H and O–H groups in total. The van der Waals surface area contributed by atoms with Gasteiger partial charge in [-0.1, -0.05) is 31.2 Å². The number of nitrogens with zero attached hydrogens (tertiary/aromatic N) is 2. The van der Waals surface area contributed by atoms with Crippen LogP contribution in [0.3, 0.4) is 0 Å². The topological polar surface area (TPSA) is 29.9 Å². The molecule has 0 fully saturated rings. The Labute approximate surface area is 115 Å². The van der Waals surface area contributed by atoms with Crippen molar-refractivity contribution in [2.45, 2.75) is 39.8 Å². The highest BCUT2D eigenvalue weighted by atomic mass is 15.3. The van der Waals surface area contributed by atoms with E-state index in [2.05, 4.69) is 66.2 Å². The molecule has 0 saturated heterocycles. The number of nitrogens with one attached hydrogen (secondary N) is 1. The van der Waals surface area contributed by atoms with Gasteiger partial charge in [0.2, 0.25) is 0 Å². The average molecular weight is 257 g/mol. The molecule has 3 nitrogen and oxygen atoms in total. The Morgan fingerprint density at radius 3 is 2.58 bits per heavy atom. The van der Waals surface area contributed by atoms with Crippen molar-refractivity contribution in [2.75, 3.05) is 7.05 Å². The zero-order valence-electron chi connectivity index (χ0n) is 12.3. The molecule has 19 heavy (non-hydrogen) atoms. The summed E-state index contributed by atoms with van der Waals surface area (Å²) in [7, 11) is 2.01. The van der Waals surface area contributed by atoms with Crippen LogP contribution in [0.2, 0.25) is 0 Å². The Kier molecular flexibility index (Phi) is 4.38. The van der Waals surface area contributed by atoms with Gasteiger partial charge in [0.1, 0.15) is 0 Å². The molecule has 3 heteroatoms. The van der Waals surface area contributed by atoms with Gasteiger partial charge in [-0.05, 0) is 44.5 Å². The first-order chi connectivity index (χ1) is 9.21. The van der Waals surface area contributed by atoms with Crippen molar-refractivity contribution in [3.8, 4) is 0 Å². The van der Waals surface area contributed by atoms with E-state index in [1.807, 2.05) is 7.05 Å². The fourth-order valence-electron chi connectivity index (χ4n) is 2.52. The van der Waals surface area contributed by atoms with Crippen LogP contribution in [0, 0.1) is 6.92 Å². The predicted octanol–water partition coefficient (Wildman–Crippen LogP) is 3.08. The van der Waals surface area contributed by atoms with Crippen molar-refractivity contribution in [2.24, 2.45) is 0 Å². The number of hydrogen-bond acceptors (Lipinski definition) is 2. The van der Waals surface area contributed by atoms with Crippen LogP contribution >= 0.6 is 0 Å². The van der Waals surface area contributed by atoms with Crippen LogP contribution in [0.5, 0.6) is 0 Å².